The highest BCUT2D eigenvalue weighted by molar-refractivity contribution is 6.08. The molecule has 1 spiro atoms. The lowest BCUT2D eigenvalue weighted by molar-refractivity contribution is -0.158. The molecular formula is C13H13NO3. The van der Waals surface area contributed by atoms with E-state index in [9.17, 15) is 9.59 Å². The summed E-state index contributed by atoms with van der Waals surface area (Å²) >= 11 is 0. The molecule has 1 aromatic carbocycles. The number of carbonyl (C=O) groups excluding carboxylic acids is 2. The van der Waals surface area contributed by atoms with E-state index in [1.54, 1.807) is 11.9 Å². The number of amides is 1. The van der Waals surface area contributed by atoms with Crippen LogP contribution in [0.15, 0.2) is 24.3 Å². The first kappa shape index (κ1) is 10.3. The van der Waals surface area contributed by atoms with Crippen molar-refractivity contribution in [2.45, 2.75) is 18.9 Å². The molecular weight excluding hydrogens is 218 g/mol. The number of para-hydroxylation sites is 1. The van der Waals surface area contributed by atoms with Gasteiger partial charge in [-0.25, -0.2) is 0 Å². The van der Waals surface area contributed by atoms with Gasteiger partial charge in [0.15, 0.2) is 0 Å². The summed E-state index contributed by atoms with van der Waals surface area (Å²) in [5.41, 5.74) is 0.563. The monoisotopic (exact) mass is 231 g/mol. The summed E-state index contributed by atoms with van der Waals surface area (Å²) < 4.78 is 5.40. The van der Waals surface area contributed by atoms with Gasteiger partial charge in [-0.1, -0.05) is 25.1 Å². The number of nitrogens with zero attached hydrogens (tertiary/aromatic N) is 1. The van der Waals surface area contributed by atoms with Gasteiger partial charge in [-0.3, -0.25) is 9.59 Å². The fourth-order valence-corrected chi connectivity index (χ4v) is 2.84. The van der Waals surface area contributed by atoms with Crippen LogP contribution in [0.2, 0.25) is 0 Å². The first-order valence-electron chi connectivity index (χ1n) is 5.67. The van der Waals surface area contributed by atoms with Crippen molar-refractivity contribution in [3.05, 3.63) is 29.8 Å². The van der Waals surface area contributed by atoms with Crippen LogP contribution in [0.1, 0.15) is 18.9 Å². The second-order valence-electron chi connectivity index (χ2n) is 4.70. The molecule has 0 N–H and O–H groups in total. The van der Waals surface area contributed by atoms with E-state index in [0.29, 0.717) is 6.42 Å². The summed E-state index contributed by atoms with van der Waals surface area (Å²) in [6.45, 7) is 1.89. The van der Waals surface area contributed by atoms with Gasteiger partial charge < -0.3 is 9.64 Å². The molecule has 88 valence electrons. The topological polar surface area (TPSA) is 46.6 Å². The highest BCUT2D eigenvalue weighted by atomic mass is 16.6. The quantitative estimate of drug-likeness (QED) is 0.635. The van der Waals surface area contributed by atoms with Crippen LogP contribution in [0, 0.1) is 5.92 Å². The maximum Gasteiger partial charge on any atom is 0.307 e. The van der Waals surface area contributed by atoms with Gasteiger partial charge in [0.1, 0.15) is 0 Å². The predicted molar refractivity (Wildman–Crippen MR) is 61.4 cm³/mol. The SMILES string of the molecule is C[C@@H]1CC(=O)O[C@]12C(=O)N(C)c1ccccc12. The highest BCUT2D eigenvalue weighted by Gasteiger charge is 2.60. The van der Waals surface area contributed by atoms with E-state index in [2.05, 4.69) is 0 Å². The molecule has 1 amide bonds. The normalized spacial score (nSPS) is 30.9. The van der Waals surface area contributed by atoms with Gasteiger partial charge in [0.05, 0.1) is 12.1 Å². The Hall–Kier alpha value is -1.84. The molecule has 3 rings (SSSR count). The Balaban J connectivity index is 2.25. The van der Waals surface area contributed by atoms with Crippen LogP contribution in [-0.2, 0) is 19.9 Å². The van der Waals surface area contributed by atoms with E-state index in [0.717, 1.165) is 11.3 Å². The minimum absolute atomic E-state index is 0.117. The lowest BCUT2D eigenvalue weighted by Gasteiger charge is -2.25. The third-order valence-electron chi connectivity index (χ3n) is 3.73. The van der Waals surface area contributed by atoms with Crippen molar-refractivity contribution in [1.82, 2.24) is 0 Å². The molecule has 0 aromatic heterocycles. The molecule has 0 saturated carbocycles. The lowest BCUT2D eigenvalue weighted by Crippen LogP contribution is -2.42. The lowest BCUT2D eigenvalue weighted by atomic mass is 9.83. The third-order valence-corrected chi connectivity index (χ3v) is 3.73. The molecule has 0 radical (unpaired) electrons. The maximum atomic E-state index is 12.4. The molecule has 4 heteroatoms. The minimum atomic E-state index is -1.08. The summed E-state index contributed by atoms with van der Waals surface area (Å²) in [5, 5.41) is 0. The number of fused-ring (bicyclic) bond motifs is 2. The molecule has 2 heterocycles. The standard InChI is InChI=1S/C13H13NO3/c1-8-7-11(15)17-13(8)9-5-3-4-6-10(9)14(2)12(13)16/h3-6,8H,7H2,1-2H3/t8-,13-/m1/s1. The number of anilines is 1. The van der Waals surface area contributed by atoms with Crippen molar-refractivity contribution in [3.8, 4) is 0 Å². The first-order valence-corrected chi connectivity index (χ1v) is 5.67. The number of rotatable bonds is 0. The Kier molecular flexibility index (Phi) is 1.88. The number of hydrogen-bond donors (Lipinski definition) is 0. The molecule has 17 heavy (non-hydrogen) atoms. The van der Waals surface area contributed by atoms with Crippen molar-refractivity contribution in [2.24, 2.45) is 5.92 Å². The number of carbonyl (C=O) groups is 2. The summed E-state index contributed by atoms with van der Waals surface area (Å²) in [4.78, 5) is 25.4. The molecule has 1 saturated heterocycles. The van der Waals surface area contributed by atoms with Gasteiger partial charge in [-0.2, -0.15) is 0 Å². The molecule has 2 aliphatic heterocycles. The van der Waals surface area contributed by atoms with Crippen molar-refractivity contribution in [1.29, 1.82) is 0 Å². The van der Waals surface area contributed by atoms with E-state index in [4.69, 9.17) is 4.74 Å². The Morgan fingerprint density at radius 2 is 2.06 bits per heavy atom. The van der Waals surface area contributed by atoms with E-state index < -0.39 is 5.60 Å². The Morgan fingerprint density at radius 3 is 2.71 bits per heavy atom. The number of ether oxygens (including phenoxy) is 1. The Labute approximate surface area is 99.2 Å². The van der Waals surface area contributed by atoms with Crippen molar-refractivity contribution >= 4 is 17.6 Å². The van der Waals surface area contributed by atoms with Crippen LogP contribution in [0.4, 0.5) is 5.69 Å². The average molecular weight is 231 g/mol. The van der Waals surface area contributed by atoms with E-state index in [1.165, 1.54) is 0 Å². The summed E-state index contributed by atoms with van der Waals surface area (Å²) in [6.07, 6.45) is 0.300. The molecule has 2 atom stereocenters. The third kappa shape index (κ3) is 1.07. The van der Waals surface area contributed by atoms with Crippen LogP contribution in [0.5, 0.6) is 0 Å². The van der Waals surface area contributed by atoms with Gasteiger partial charge in [0.2, 0.25) is 5.60 Å². The molecule has 0 aliphatic carbocycles. The zero-order valence-electron chi connectivity index (χ0n) is 9.77. The number of esters is 1. The summed E-state index contributed by atoms with van der Waals surface area (Å²) in [5.74, 6) is -0.554. The van der Waals surface area contributed by atoms with Crippen molar-refractivity contribution in [2.75, 3.05) is 11.9 Å². The van der Waals surface area contributed by atoms with E-state index in [-0.39, 0.29) is 17.8 Å². The molecule has 2 aliphatic rings. The van der Waals surface area contributed by atoms with Crippen LogP contribution in [0.3, 0.4) is 0 Å². The van der Waals surface area contributed by atoms with E-state index >= 15 is 0 Å². The van der Waals surface area contributed by atoms with Gasteiger partial charge in [0, 0.05) is 18.5 Å². The van der Waals surface area contributed by atoms with Crippen molar-refractivity contribution in [3.63, 3.8) is 0 Å². The van der Waals surface area contributed by atoms with Crippen LogP contribution >= 0.6 is 0 Å². The Morgan fingerprint density at radius 1 is 1.35 bits per heavy atom. The fourth-order valence-electron chi connectivity index (χ4n) is 2.84. The van der Waals surface area contributed by atoms with Crippen LogP contribution < -0.4 is 4.90 Å². The summed E-state index contributed by atoms with van der Waals surface area (Å²) in [7, 11) is 1.72. The average Bonchev–Trinajstić information content (AvgIpc) is 2.72. The van der Waals surface area contributed by atoms with Gasteiger partial charge in [-0.05, 0) is 6.07 Å². The summed E-state index contributed by atoms with van der Waals surface area (Å²) in [6, 6.07) is 7.49. The van der Waals surface area contributed by atoms with Crippen molar-refractivity contribution < 1.29 is 14.3 Å². The molecule has 0 bridgehead atoms. The molecule has 0 unspecified atom stereocenters. The molecule has 1 aromatic rings. The van der Waals surface area contributed by atoms with Gasteiger partial charge in [-0.15, -0.1) is 0 Å². The number of hydrogen-bond acceptors (Lipinski definition) is 3. The number of benzene rings is 1. The fraction of sp³-hybridized carbons (Fsp3) is 0.385. The second-order valence-corrected chi connectivity index (χ2v) is 4.70. The Bertz CT molecular complexity index is 525. The zero-order chi connectivity index (χ0) is 12.2. The minimum Gasteiger partial charge on any atom is -0.444 e. The smallest absolute Gasteiger partial charge is 0.307 e. The largest absolute Gasteiger partial charge is 0.444 e. The van der Waals surface area contributed by atoms with Crippen LogP contribution in [-0.4, -0.2) is 18.9 Å². The second kappa shape index (κ2) is 3.09. The number of likely N-dealkylation sites (N-methyl/N-ethyl adjacent to an activating group) is 1. The molecule has 1 fully saturated rings. The molecule has 4 nitrogen and oxygen atoms in total. The zero-order valence-corrected chi connectivity index (χ0v) is 9.77. The first-order chi connectivity index (χ1) is 8.07. The predicted octanol–water partition coefficient (Wildman–Crippen LogP) is 1.44. The maximum absolute atomic E-state index is 12.4. The highest BCUT2D eigenvalue weighted by Crippen LogP contribution is 2.50. The van der Waals surface area contributed by atoms with Crippen LogP contribution in [0.25, 0.3) is 0 Å². The van der Waals surface area contributed by atoms with Gasteiger partial charge in [0.25, 0.3) is 5.91 Å². The van der Waals surface area contributed by atoms with E-state index in [1.807, 2.05) is 31.2 Å². The van der Waals surface area contributed by atoms with Gasteiger partial charge >= 0.3 is 5.97 Å².